The molecule has 0 aliphatic carbocycles. The summed E-state index contributed by atoms with van der Waals surface area (Å²) in [6.45, 7) is 2.20. The SMILES string of the molecule is CNC(=O)C1(Nc2ccnn2C)CCN(Cc2ccccc2Cl)CC1.O=CO. The van der Waals surface area contributed by atoms with Gasteiger partial charge in [-0.05, 0) is 24.5 Å². The molecular weight excluding hydrogens is 382 g/mol. The van der Waals surface area contributed by atoms with Crippen molar-refractivity contribution >= 4 is 29.8 Å². The number of likely N-dealkylation sites (N-methyl/N-ethyl adjacent to an activating group) is 1. The van der Waals surface area contributed by atoms with Crippen molar-refractivity contribution in [1.29, 1.82) is 0 Å². The summed E-state index contributed by atoms with van der Waals surface area (Å²) in [5, 5.41) is 18.1. The summed E-state index contributed by atoms with van der Waals surface area (Å²) >= 11 is 6.27. The second-order valence-electron chi connectivity index (χ2n) is 6.60. The molecule has 1 aliphatic rings. The maximum Gasteiger partial charge on any atom is 0.290 e. The van der Waals surface area contributed by atoms with Crippen molar-refractivity contribution < 1.29 is 14.7 Å². The first kappa shape index (κ1) is 21.7. The van der Waals surface area contributed by atoms with E-state index in [1.165, 1.54) is 0 Å². The Balaban J connectivity index is 0.000000878. The topological polar surface area (TPSA) is 99.5 Å². The molecular formula is C19H26ClN5O3. The van der Waals surface area contributed by atoms with E-state index in [4.69, 9.17) is 21.5 Å². The van der Waals surface area contributed by atoms with Crippen molar-refractivity contribution in [3.05, 3.63) is 47.1 Å². The number of likely N-dealkylation sites (tertiary alicyclic amines) is 1. The number of halogens is 1. The Hall–Kier alpha value is -2.58. The van der Waals surface area contributed by atoms with Crippen LogP contribution in [-0.2, 0) is 23.2 Å². The fourth-order valence-electron chi connectivity index (χ4n) is 3.35. The van der Waals surface area contributed by atoms with Gasteiger partial charge < -0.3 is 15.7 Å². The Kier molecular flexibility index (Phi) is 7.83. The van der Waals surface area contributed by atoms with Crippen LogP contribution >= 0.6 is 11.6 Å². The second-order valence-corrected chi connectivity index (χ2v) is 7.01. The van der Waals surface area contributed by atoms with E-state index in [1.54, 1.807) is 17.9 Å². The lowest BCUT2D eigenvalue weighted by molar-refractivity contribution is -0.126. The first-order valence-electron chi connectivity index (χ1n) is 8.97. The van der Waals surface area contributed by atoms with Crippen molar-refractivity contribution in [2.24, 2.45) is 7.05 Å². The summed E-state index contributed by atoms with van der Waals surface area (Å²) in [6.07, 6.45) is 3.18. The van der Waals surface area contributed by atoms with E-state index in [2.05, 4.69) is 26.7 Å². The zero-order valence-corrected chi connectivity index (χ0v) is 16.8. The molecule has 0 radical (unpaired) electrons. The summed E-state index contributed by atoms with van der Waals surface area (Å²) in [5.41, 5.74) is 0.510. The standard InChI is InChI=1S/C18H24ClN5O.CH2O2/c1-20-17(25)18(22-16-7-10-21-23(16)2)8-11-24(12-9-18)13-14-5-3-4-6-15(14)19;2-1-3/h3-7,10,22H,8-9,11-13H2,1-2H3,(H,20,25);1H,(H,2,3). The third-order valence-electron chi connectivity index (χ3n) is 4.91. The summed E-state index contributed by atoms with van der Waals surface area (Å²) in [6, 6.07) is 9.80. The van der Waals surface area contributed by atoms with Crippen LogP contribution in [0.2, 0.25) is 5.02 Å². The van der Waals surface area contributed by atoms with E-state index in [0.717, 1.165) is 48.9 Å². The van der Waals surface area contributed by atoms with E-state index in [0.29, 0.717) is 0 Å². The molecule has 1 aromatic carbocycles. The first-order valence-corrected chi connectivity index (χ1v) is 9.35. The molecule has 8 nitrogen and oxygen atoms in total. The molecule has 1 saturated heterocycles. The molecule has 0 spiro atoms. The molecule has 1 aromatic heterocycles. The minimum atomic E-state index is -0.612. The van der Waals surface area contributed by atoms with Crippen molar-refractivity contribution in [2.75, 3.05) is 25.5 Å². The van der Waals surface area contributed by atoms with Gasteiger partial charge in [-0.1, -0.05) is 29.8 Å². The number of piperidine rings is 1. The fourth-order valence-corrected chi connectivity index (χ4v) is 3.55. The zero-order chi connectivity index (χ0) is 20.6. The molecule has 28 heavy (non-hydrogen) atoms. The Bertz CT molecular complexity index is 787. The first-order chi connectivity index (χ1) is 13.5. The van der Waals surface area contributed by atoms with Crippen molar-refractivity contribution in [3.8, 4) is 0 Å². The van der Waals surface area contributed by atoms with Gasteiger partial charge in [0.15, 0.2) is 0 Å². The van der Waals surface area contributed by atoms with Gasteiger partial charge in [0.25, 0.3) is 6.47 Å². The lowest BCUT2D eigenvalue weighted by Gasteiger charge is -2.41. The van der Waals surface area contributed by atoms with Gasteiger partial charge in [0.2, 0.25) is 5.91 Å². The van der Waals surface area contributed by atoms with Crippen molar-refractivity contribution in [2.45, 2.75) is 24.9 Å². The highest BCUT2D eigenvalue weighted by Gasteiger charge is 2.41. The largest absolute Gasteiger partial charge is 0.483 e. The normalized spacial score (nSPS) is 15.8. The van der Waals surface area contributed by atoms with E-state index >= 15 is 0 Å². The van der Waals surface area contributed by atoms with Gasteiger partial charge in [0.05, 0.1) is 6.20 Å². The number of carbonyl (C=O) groups is 2. The number of hydrogen-bond acceptors (Lipinski definition) is 5. The highest BCUT2D eigenvalue weighted by molar-refractivity contribution is 6.31. The van der Waals surface area contributed by atoms with Gasteiger partial charge in [0.1, 0.15) is 11.4 Å². The van der Waals surface area contributed by atoms with E-state index in [-0.39, 0.29) is 12.4 Å². The number of amides is 1. The van der Waals surface area contributed by atoms with E-state index < -0.39 is 5.54 Å². The highest BCUT2D eigenvalue weighted by atomic mass is 35.5. The molecule has 0 saturated carbocycles. The Labute approximate surface area is 169 Å². The number of benzene rings is 1. The third kappa shape index (κ3) is 5.24. The number of nitrogens with one attached hydrogen (secondary N) is 2. The highest BCUT2D eigenvalue weighted by Crippen LogP contribution is 2.29. The Morgan fingerprint density at radius 3 is 2.50 bits per heavy atom. The lowest BCUT2D eigenvalue weighted by Crippen LogP contribution is -2.57. The molecule has 0 bridgehead atoms. The predicted molar refractivity (Wildman–Crippen MR) is 108 cm³/mol. The van der Waals surface area contributed by atoms with Crippen LogP contribution in [0.15, 0.2) is 36.5 Å². The van der Waals surface area contributed by atoms with Crippen LogP contribution in [-0.4, -0.2) is 57.8 Å². The molecule has 3 rings (SSSR count). The van der Waals surface area contributed by atoms with Crippen molar-refractivity contribution in [3.63, 3.8) is 0 Å². The lowest BCUT2D eigenvalue weighted by atomic mass is 9.86. The van der Waals surface area contributed by atoms with Gasteiger partial charge in [-0.15, -0.1) is 0 Å². The van der Waals surface area contributed by atoms with Crippen LogP contribution in [0, 0.1) is 0 Å². The predicted octanol–water partition coefficient (Wildman–Crippen LogP) is 1.97. The van der Waals surface area contributed by atoms with Crippen LogP contribution < -0.4 is 10.6 Å². The maximum absolute atomic E-state index is 12.6. The summed E-state index contributed by atoms with van der Waals surface area (Å²) in [4.78, 5) is 23.3. The molecule has 1 amide bonds. The van der Waals surface area contributed by atoms with Crippen LogP contribution in [0.1, 0.15) is 18.4 Å². The van der Waals surface area contributed by atoms with Crippen LogP contribution in [0.5, 0.6) is 0 Å². The summed E-state index contributed by atoms with van der Waals surface area (Å²) < 4.78 is 1.75. The molecule has 152 valence electrons. The number of hydrogen-bond donors (Lipinski definition) is 3. The van der Waals surface area contributed by atoms with E-state index in [9.17, 15) is 4.79 Å². The third-order valence-corrected chi connectivity index (χ3v) is 5.28. The van der Waals surface area contributed by atoms with Gasteiger partial charge in [-0.25, -0.2) is 0 Å². The summed E-state index contributed by atoms with van der Waals surface area (Å²) in [7, 11) is 3.55. The number of anilines is 1. The second kappa shape index (κ2) is 10.1. The minimum Gasteiger partial charge on any atom is -0.483 e. The number of nitrogens with zero attached hydrogens (tertiary/aromatic N) is 3. The van der Waals surface area contributed by atoms with Crippen LogP contribution in [0.4, 0.5) is 5.82 Å². The smallest absolute Gasteiger partial charge is 0.290 e. The number of rotatable bonds is 5. The molecule has 2 aromatic rings. The zero-order valence-electron chi connectivity index (χ0n) is 16.1. The molecule has 9 heteroatoms. The molecule has 0 unspecified atom stereocenters. The van der Waals surface area contributed by atoms with Crippen molar-refractivity contribution in [1.82, 2.24) is 20.0 Å². The molecule has 2 heterocycles. The molecule has 0 atom stereocenters. The quantitative estimate of drug-likeness (QED) is 0.655. The van der Waals surface area contributed by atoms with Crippen LogP contribution in [0.25, 0.3) is 0 Å². The fraction of sp³-hybridized carbons (Fsp3) is 0.421. The molecule has 1 fully saturated rings. The van der Waals surface area contributed by atoms with Gasteiger partial charge >= 0.3 is 0 Å². The van der Waals surface area contributed by atoms with Gasteiger partial charge in [0, 0.05) is 44.8 Å². The maximum atomic E-state index is 12.6. The van der Waals surface area contributed by atoms with Gasteiger partial charge in [-0.3, -0.25) is 19.2 Å². The van der Waals surface area contributed by atoms with Crippen LogP contribution in [0.3, 0.4) is 0 Å². The average molecular weight is 408 g/mol. The summed E-state index contributed by atoms with van der Waals surface area (Å²) in [5.74, 6) is 0.870. The number of carboxylic acid groups (broad SMARTS) is 1. The molecule has 3 N–H and O–H groups in total. The Morgan fingerprint density at radius 2 is 1.96 bits per heavy atom. The Morgan fingerprint density at radius 1 is 1.32 bits per heavy atom. The number of aromatic nitrogens is 2. The molecule has 1 aliphatic heterocycles. The minimum absolute atomic E-state index is 0.0195. The monoisotopic (exact) mass is 407 g/mol. The number of aryl methyl sites for hydroxylation is 1. The van der Waals surface area contributed by atoms with Gasteiger partial charge in [-0.2, -0.15) is 5.10 Å². The number of carbonyl (C=O) groups excluding carboxylic acids is 1. The average Bonchev–Trinajstić information content (AvgIpc) is 3.09. The van der Waals surface area contributed by atoms with E-state index in [1.807, 2.05) is 31.3 Å².